The van der Waals surface area contributed by atoms with Crippen LogP contribution in [0.25, 0.3) is 11.0 Å². The van der Waals surface area contributed by atoms with Gasteiger partial charge in [0.05, 0.1) is 16.6 Å². The quantitative estimate of drug-likeness (QED) is 0.729. The lowest BCUT2D eigenvalue weighted by atomic mass is 10.1. The van der Waals surface area contributed by atoms with E-state index in [0.29, 0.717) is 36.2 Å². The van der Waals surface area contributed by atoms with Gasteiger partial charge in [0, 0.05) is 38.1 Å². The number of anilines is 1. The molecule has 7 nitrogen and oxygen atoms in total. The highest BCUT2D eigenvalue weighted by molar-refractivity contribution is 5.96. The van der Waals surface area contributed by atoms with Crippen molar-refractivity contribution in [1.29, 1.82) is 5.26 Å². The molecular weight excluding hydrogens is 366 g/mol. The Hall–Kier alpha value is -3.66. The number of rotatable bonds is 2. The molecule has 1 amide bonds. The normalized spacial score (nSPS) is 14.5. The molecule has 2 aromatic heterocycles. The Bertz CT molecular complexity index is 1180. The van der Waals surface area contributed by atoms with E-state index in [1.807, 2.05) is 25.1 Å². The zero-order valence-electron chi connectivity index (χ0n) is 16.2. The second-order valence-electron chi connectivity index (χ2n) is 7.14. The molecule has 3 aromatic rings. The number of nitrogens with one attached hydrogen (secondary N) is 1. The summed E-state index contributed by atoms with van der Waals surface area (Å²) in [6, 6.07) is 13.2. The third kappa shape index (κ3) is 3.57. The van der Waals surface area contributed by atoms with Gasteiger partial charge in [-0.05, 0) is 37.6 Å². The fourth-order valence-electron chi connectivity index (χ4n) is 3.74. The van der Waals surface area contributed by atoms with Crippen molar-refractivity contribution in [2.24, 2.45) is 0 Å². The molecule has 0 spiro atoms. The molecule has 0 unspecified atom stereocenters. The van der Waals surface area contributed by atoms with Gasteiger partial charge in [-0.15, -0.1) is 0 Å². The number of para-hydroxylation sites is 1. The van der Waals surface area contributed by atoms with E-state index in [4.69, 9.17) is 0 Å². The molecule has 1 aliphatic heterocycles. The summed E-state index contributed by atoms with van der Waals surface area (Å²) in [5, 5.41) is 9.78. The molecule has 146 valence electrons. The van der Waals surface area contributed by atoms with E-state index < -0.39 is 0 Å². The van der Waals surface area contributed by atoms with E-state index in [0.717, 1.165) is 24.3 Å². The van der Waals surface area contributed by atoms with Crippen molar-refractivity contribution in [3.05, 3.63) is 69.6 Å². The van der Waals surface area contributed by atoms with Crippen LogP contribution in [-0.4, -0.2) is 47.0 Å². The molecule has 0 bridgehead atoms. The Labute approximate surface area is 168 Å². The summed E-state index contributed by atoms with van der Waals surface area (Å²) in [4.78, 5) is 37.0. The number of pyridine rings is 2. The summed E-state index contributed by atoms with van der Waals surface area (Å²) in [6.45, 7) is 4.26. The first-order valence-electron chi connectivity index (χ1n) is 9.61. The van der Waals surface area contributed by atoms with Gasteiger partial charge in [-0.1, -0.05) is 12.1 Å². The van der Waals surface area contributed by atoms with Gasteiger partial charge in [-0.25, -0.2) is 4.98 Å². The van der Waals surface area contributed by atoms with E-state index in [2.05, 4.69) is 20.9 Å². The first-order chi connectivity index (χ1) is 14.1. The first-order valence-corrected chi connectivity index (χ1v) is 9.61. The van der Waals surface area contributed by atoms with Crippen molar-refractivity contribution in [3.63, 3.8) is 0 Å². The highest BCUT2D eigenvalue weighted by Crippen LogP contribution is 2.21. The van der Waals surface area contributed by atoms with E-state index >= 15 is 0 Å². The monoisotopic (exact) mass is 387 g/mol. The second kappa shape index (κ2) is 7.76. The molecule has 7 heteroatoms. The SMILES string of the molecule is Cc1ccc2c(=O)c(C(=O)N3CCCN(c4ccccc4C#N)CC3)c[nH]c2n1. The number of carbonyl (C=O) groups excluding carboxylic acids is 1. The number of benzene rings is 1. The molecule has 1 saturated heterocycles. The third-order valence-electron chi connectivity index (χ3n) is 5.26. The standard InChI is InChI=1S/C22H21N5O2/c1-15-7-8-17-20(28)18(14-24-21(17)25-15)22(29)27-10-4-9-26(11-12-27)19-6-3-2-5-16(19)13-23/h2-3,5-8,14H,4,9-12H2,1H3,(H,24,25,28). The number of nitrogens with zero attached hydrogens (tertiary/aromatic N) is 4. The van der Waals surface area contributed by atoms with Crippen LogP contribution < -0.4 is 10.3 Å². The minimum Gasteiger partial charge on any atom is -0.369 e. The Morgan fingerprint density at radius 1 is 1.14 bits per heavy atom. The van der Waals surface area contributed by atoms with Crippen molar-refractivity contribution in [3.8, 4) is 6.07 Å². The maximum Gasteiger partial charge on any atom is 0.259 e. The molecule has 0 radical (unpaired) electrons. The lowest BCUT2D eigenvalue weighted by Gasteiger charge is -2.24. The van der Waals surface area contributed by atoms with Crippen molar-refractivity contribution >= 4 is 22.6 Å². The van der Waals surface area contributed by atoms with Crippen molar-refractivity contribution in [1.82, 2.24) is 14.9 Å². The van der Waals surface area contributed by atoms with Crippen LogP contribution in [0.1, 0.15) is 28.0 Å². The molecular formula is C22H21N5O2. The molecule has 1 aromatic carbocycles. The molecule has 0 aliphatic carbocycles. The summed E-state index contributed by atoms with van der Waals surface area (Å²) in [7, 11) is 0. The van der Waals surface area contributed by atoms with Gasteiger partial charge in [0.15, 0.2) is 0 Å². The van der Waals surface area contributed by atoms with Gasteiger partial charge < -0.3 is 14.8 Å². The van der Waals surface area contributed by atoms with Gasteiger partial charge >= 0.3 is 0 Å². The van der Waals surface area contributed by atoms with E-state index in [1.54, 1.807) is 23.1 Å². The van der Waals surface area contributed by atoms with Crippen molar-refractivity contribution < 1.29 is 4.79 Å². The van der Waals surface area contributed by atoms with Crippen molar-refractivity contribution in [2.45, 2.75) is 13.3 Å². The van der Waals surface area contributed by atoms with Gasteiger partial charge in [0.25, 0.3) is 5.91 Å². The lowest BCUT2D eigenvalue weighted by molar-refractivity contribution is 0.0765. The number of aryl methyl sites for hydroxylation is 1. The number of H-pyrrole nitrogens is 1. The molecule has 29 heavy (non-hydrogen) atoms. The minimum atomic E-state index is -0.299. The topological polar surface area (TPSA) is 93.1 Å². The van der Waals surface area contributed by atoms with Gasteiger partial charge in [0.2, 0.25) is 5.43 Å². The zero-order valence-corrected chi connectivity index (χ0v) is 16.2. The summed E-state index contributed by atoms with van der Waals surface area (Å²) in [5.41, 5.74) is 2.63. The lowest BCUT2D eigenvalue weighted by Crippen LogP contribution is -2.37. The van der Waals surface area contributed by atoms with E-state index in [-0.39, 0.29) is 16.9 Å². The fraction of sp³-hybridized carbons (Fsp3) is 0.273. The summed E-state index contributed by atoms with van der Waals surface area (Å²) >= 11 is 0. The maximum atomic E-state index is 13.1. The van der Waals surface area contributed by atoms with Crippen LogP contribution in [0.15, 0.2) is 47.4 Å². The first kappa shape index (κ1) is 18.7. The molecule has 3 heterocycles. The summed E-state index contributed by atoms with van der Waals surface area (Å²) in [5.74, 6) is -0.274. The third-order valence-corrected chi connectivity index (χ3v) is 5.26. The predicted molar refractivity (Wildman–Crippen MR) is 111 cm³/mol. The summed E-state index contributed by atoms with van der Waals surface area (Å²) in [6.07, 6.45) is 2.23. The number of aromatic amines is 1. The number of aromatic nitrogens is 2. The number of hydrogen-bond donors (Lipinski definition) is 1. The average Bonchev–Trinajstić information content (AvgIpc) is 2.99. The Morgan fingerprint density at radius 3 is 2.79 bits per heavy atom. The molecule has 4 rings (SSSR count). The largest absolute Gasteiger partial charge is 0.369 e. The van der Waals surface area contributed by atoms with E-state index in [9.17, 15) is 14.9 Å². The maximum absolute atomic E-state index is 13.1. The number of carbonyl (C=O) groups is 1. The van der Waals surface area contributed by atoms with Gasteiger partial charge in [-0.2, -0.15) is 5.26 Å². The molecule has 1 fully saturated rings. The van der Waals surface area contributed by atoms with Gasteiger partial charge in [-0.3, -0.25) is 9.59 Å². The number of nitriles is 1. The van der Waals surface area contributed by atoms with Crippen molar-refractivity contribution in [2.75, 3.05) is 31.1 Å². The molecule has 0 saturated carbocycles. The number of amides is 1. The van der Waals surface area contributed by atoms with Gasteiger partial charge in [0.1, 0.15) is 17.3 Å². The number of hydrogen-bond acceptors (Lipinski definition) is 5. The van der Waals surface area contributed by atoms with Crippen LogP contribution in [0.5, 0.6) is 0 Å². The zero-order chi connectivity index (χ0) is 20.4. The van der Waals surface area contributed by atoms with Crippen LogP contribution in [0.2, 0.25) is 0 Å². The van der Waals surface area contributed by atoms with E-state index in [1.165, 1.54) is 6.20 Å². The smallest absolute Gasteiger partial charge is 0.259 e. The predicted octanol–water partition coefficient (Wildman–Crippen LogP) is 2.46. The Balaban J connectivity index is 1.57. The second-order valence-corrected chi connectivity index (χ2v) is 7.14. The average molecular weight is 387 g/mol. The molecule has 1 aliphatic rings. The van der Waals surface area contributed by atoms with Crippen LogP contribution in [0.4, 0.5) is 5.69 Å². The Morgan fingerprint density at radius 2 is 1.97 bits per heavy atom. The fourth-order valence-corrected chi connectivity index (χ4v) is 3.74. The van der Waals surface area contributed by atoms with Crippen LogP contribution in [0.3, 0.4) is 0 Å². The highest BCUT2D eigenvalue weighted by Gasteiger charge is 2.24. The summed E-state index contributed by atoms with van der Waals surface area (Å²) < 4.78 is 0. The molecule has 0 atom stereocenters. The molecule has 1 N–H and O–H groups in total. The minimum absolute atomic E-state index is 0.133. The Kier molecular flexibility index (Phi) is 5.00. The number of fused-ring (bicyclic) bond motifs is 1. The van der Waals surface area contributed by atoms with Crippen LogP contribution in [-0.2, 0) is 0 Å². The highest BCUT2D eigenvalue weighted by atomic mass is 16.2. The van der Waals surface area contributed by atoms with Crippen LogP contribution in [0, 0.1) is 18.3 Å². The van der Waals surface area contributed by atoms with Crippen LogP contribution >= 0.6 is 0 Å².